The van der Waals surface area contributed by atoms with Crippen LogP contribution in [0, 0.1) is 24.7 Å². The molecule has 2 unspecified atom stereocenters. The lowest BCUT2D eigenvalue weighted by atomic mass is 9.86. The van der Waals surface area contributed by atoms with Crippen LogP contribution in [0.1, 0.15) is 62.6 Å². The molecule has 0 N–H and O–H groups in total. The van der Waals surface area contributed by atoms with Crippen molar-refractivity contribution in [3.8, 4) is 0 Å². The molecule has 3 fully saturated rings. The molecule has 0 radical (unpaired) electrons. The van der Waals surface area contributed by atoms with Gasteiger partial charge >= 0.3 is 0 Å². The van der Waals surface area contributed by atoms with Crippen molar-refractivity contribution in [3.05, 3.63) is 33.8 Å². The molecule has 2 heterocycles. The molecule has 1 aromatic carbocycles. The van der Waals surface area contributed by atoms with Crippen LogP contribution in [-0.4, -0.2) is 60.4 Å². The smallest absolute Gasteiger partial charge is 0.226 e. The molecule has 1 aromatic rings. The lowest BCUT2D eigenvalue weighted by Gasteiger charge is -2.41. The van der Waals surface area contributed by atoms with Crippen molar-refractivity contribution in [1.29, 1.82) is 0 Å². The van der Waals surface area contributed by atoms with Crippen LogP contribution < -0.4 is 0 Å². The normalized spacial score (nSPS) is 25.5. The predicted molar refractivity (Wildman–Crippen MR) is 131 cm³/mol. The molecule has 2 aliphatic heterocycles. The average molecular weight is 475 g/mol. The zero-order valence-electron chi connectivity index (χ0n) is 20.4. The van der Waals surface area contributed by atoms with Gasteiger partial charge < -0.3 is 9.64 Å². The summed E-state index contributed by atoms with van der Waals surface area (Å²) in [6.07, 6.45) is 5.90. The third-order valence-corrected chi connectivity index (χ3v) is 8.44. The van der Waals surface area contributed by atoms with E-state index in [1.165, 1.54) is 24.0 Å². The topological polar surface area (TPSA) is 49.9 Å². The SMILES string of the molecule is Cc1c(CC(=O)C(C)C2CCOC2)cc(Cl)cc1CN1CCN(C(=O)C2CCCC2)[C@@H](C)C1. The van der Waals surface area contributed by atoms with Gasteiger partial charge in [0, 0.05) is 62.1 Å². The molecule has 5 nitrogen and oxygen atoms in total. The Morgan fingerprint density at radius 1 is 1.15 bits per heavy atom. The second-order valence-corrected chi connectivity index (χ2v) is 10.9. The predicted octanol–water partition coefficient (Wildman–Crippen LogP) is 4.66. The Morgan fingerprint density at radius 2 is 1.88 bits per heavy atom. The Kier molecular flexibility index (Phi) is 8.14. The number of piperazine rings is 1. The molecule has 3 atom stereocenters. The maximum atomic E-state index is 13.0. The number of ether oxygens (including phenoxy) is 1. The van der Waals surface area contributed by atoms with Crippen molar-refractivity contribution in [3.63, 3.8) is 0 Å². The summed E-state index contributed by atoms with van der Waals surface area (Å²) < 4.78 is 5.48. The first-order chi connectivity index (χ1) is 15.8. The van der Waals surface area contributed by atoms with E-state index >= 15 is 0 Å². The molecule has 2 saturated heterocycles. The Hall–Kier alpha value is -1.43. The molecule has 1 aliphatic carbocycles. The van der Waals surface area contributed by atoms with E-state index in [9.17, 15) is 9.59 Å². The van der Waals surface area contributed by atoms with Crippen LogP contribution in [0.15, 0.2) is 12.1 Å². The molecule has 6 heteroatoms. The Balaban J connectivity index is 1.38. The maximum Gasteiger partial charge on any atom is 0.226 e. The second-order valence-electron chi connectivity index (χ2n) is 10.5. The summed E-state index contributed by atoms with van der Waals surface area (Å²) >= 11 is 6.49. The first kappa shape index (κ1) is 24.7. The van der Waals surface area contributed by atoms with Crippen molar-refractivity contribution in [2.45, 2.75) is 71.9 Å². The van der Waals surface area contributed by atoms with Gasteiger partial charge in [-0.25, -0.2) is 0 Å². The minimum atomic E-state index is 0.0145. The van der Waals surface area contributed by atoms with E-state index in [-0.39, 0.29) is 23.7 Å². The number of rotatable bonds is 7. The minimum absolute atomic E-state index is 0.0145. The number of amides is 1. The number of hydrogen-bond acceptors (Lipinski definition) is 4. The van der Waals surface area contributed by atoms with Gasteiger partial charge in [0.25, 0.3) is 0 Å². The van der Waals surface area contributed by atoms with Gasteiger partial charge in [0.2, 0.25) is 5.91 Å². The van der Waals surface area contributed by atoms with Gasteiger partial charge in [0.15, 0.2) is 0 Å². The zero-order valence-corrected chi connectivity index (χ0v) is 21.2. The summed E-state index contributed by atoms with van der Waals surface area (Å²) in [4.78, 5) is 30.4. The molecular formula is C27H39ClN2O3. The van der Waals surface area contributed by atoms with Gasteiger partial charge in [0.05, 0.1) is 6.61 Å². The third-order valence-electron chi connectivity index (χ3n) is 8.23. The van der Waals surface area contributed by atoms with Crippen LogP contribution in [0.4, 0.5) is 0 Å². The van der Waals surface area contributed by atoms with E-state index in [1.54, 1.807) is 0 Å². The Labute approximate surface area is 203 Å². The van der Waals surface area contributed by atoms with Crippen molar-refractivity contribution < 1.29 is 14.3 Å². The lowest BCUT2D eigenvalue weighted by molar-refractivity contribution is -0.140. The highest BCUT2D eigenvalue weighted by molar-refractivity contribution is 6.30. The number of ketones is 1. The molecule has 1 saturated carbocycles. The van der Waals surface area contributed by atoms with Crippen molar-refractivity contribution in [1.82, 2.24) is 9.80 Å². The van der Waals surface area contributed by atoms with Crippen LogP contribution in [0.5, 0.6) is 0 Å². The molecule has 0 spiro atoms. The molecular weight excluding hydrogens is 436 g/mol. The fraction of sp³-hybridized carbons (Fsp3) is 0.704. The van der Waals surface area contributed by atoms with Gasteiger partial charge in [-0.05, 0) is 67.9 Å². The van der Waals surface area contributed by atoms with Crippen molar-refractivity contribution >= 4 is 23.3 Å². The van der Waals surface area contributed by atoms with Gasteiger partial charge in [-0.3, -0.25) is 14.5 Å². The number of Topliss-reactive ketones (excluding diaryl/α,β-unsaturated/α-hetero) is 1. The summed E-state index contributed by atoms with van der Waals surface area (Å²) in [5.41, 5.74) is 3.39. The van der Waals surface area contributed by atoms with Gasteiger partial charge in [-0.1, -0.05) is 31.4 Å². The van der Waals surface area contributed by atoms with E-state index in [0.29, 0.717) is 29.9 Å². The van der Waals surface area contributed by atoms with Crippen LogP contribution in [0.3, 0.4) is 0 Å². The molecule has 182 valence electrons. The standard InChI is InChI=1S/C27H39ClN2O3/c1-18-15-29(9-10-30(18)27(32)21-6-4-5-7-21)16-24-13-25(28)12-23(19(24)2)14-26(31)20(3)22-8-11-33-17-22/h12-13,18,20-22H,4-11,14-17H2,1-3H3/t18-,20?,22?/m0/s1. The maximum absolute atomic E-state index is 13.0. The molecule has 1 amide bonds. The number of nitrogens with zero attached hydrogens (tertiary/aromatic N) is 2. The number of carbonyl (C=O) groups excluding carboxylic acids is 2. The zero-order chi connectivity index (χ0) is 23.5. The third kappa shape index (κ3) is 5.80. The second kappa shape index (κ2) is 10.9. The summed E-state index contributed by atoms with van der Waals surface area (Å²) in [5, 5.41) is 0.693. The fourth-order valence-corrected chi connectivity index (χ4v) is 6.12. The minimum Gasteiger partial charge on any atom is -0.381 e. The summed E-state index contributed by atoms with van der Waals surface area (Å²) in [5.74, 6) is 1.23. The Bertz CT molecular complexity index is 861. The molecule has 0 aromatic heterocycles. The number of halogens is 1. The van der Waals surface area contributed by atoms with Crippen LogP contribution >= 0.6 is 11.6 Å². The number of benzene rings is 1. The quantitative estimate of drug-likeness (QED) is 0.577. The van der Waals surface area contributed by atoms with Crippen LogP contribution in [0.25, 0.3) is 0 Å². The highest BCUT2D eigenvalue weighted by Crippen LogP contribution is 2.30. The summed E-state index contributed by atoms with van der Waals surface area (Å²) in [6, 6.07) is 4.22. The Morgan fingerprint density at radius 3 is 2.55 bits per heavy atom. The molecule has 0 bridgehead atoms. The van der Waals surface area contributed by atoms with E-state index < -0.39 is 0 Å². The van der Waals surface area contributed by atoms with E-state index in [0.717, 1.165) is 57.6 Å². The van der Waals surface area contributed by atoms with E-state index in [2.05, 4.69) is 23.6 Å². The number of carbonyl (C=O) groups is 2. The van der Waals surface area contributed by atoms with Crippen molar-refractivity contribution in [2.75, 3.05) is 32.8 Å². The van der Waals surface area contributed by atoms with Gasteiger partial charge in [-0.15, -0.1) is 0 Å². The van der Waals surface area contributed by atoms with Crippen LogP contribution in [0.2, 0.25) is 5.02 Å². The van der Waals surface area contributed by atoms with Gasteiger partial charge in [0.1, 0.15) is 5.78 Å². The van der Waals surface area contributed by atoms with E-state index in [4.69, 9.17) is 16.3 Å². The highest BCUT2D eigenvalue weighted by atomic mass is 35.5. The summed E-state index contributed by atoms with van der Waals surface area (Å²) in [6.45, 7) is 11.1. The van der Waals surface area contributed by atoms with Crippen molar-refractivity contribution in [2.24, 2.45) is 17.8 Å². The molecule has 33 heavy (non-hydrogen) atoms. The van der Waals surface area contributed by atoms with E-state index in [1.807, 2.05) is 19.1 Å². The largest absolute Gasteiger partial charge is 0.381 e. The number of hydrogen-bond donors (Lipinski definition) is 0. The summed E-state index contributed by atoms with van der Waals surface area (Å²) in [7, 11) is 0. The molecule has 4 rings (SSSR count). The average Bonchev–Trinajstić information content (AvgIpc) is 3.50. The van der Waals surface area contributed by atoms with Crippen LogP contribution in [-0.2, 0) is 27.3 Å². The lowest BCUT2D eigenvalue weighted by Crippen LogP contribution is -2.54. The monoisotopic (exact) mass is 474 g/mol. The first-order valence-corrected chi connectivity index (χ1v) is 13.1. The highest BCUT2D eigenvalue weighted by Gasteiger charge is 2.33. The first-order valence-electron chi connectivity index (χ1n) is 12.7. The fourth-order valence-electron chi connectivity index (χ4n) is 5.86. The van der Waals surface area contributed by atoms with Gasteiger partial charge in [-0.2, -0.15) is 0 Å². The molecule has 3 aliphatic rings.